The largest absolute Gasteiger partial charge is 0.493 e. The van der Waals surface area contributed by atoms with Crippen LogP contribution in [0.2, 0.25) is 0 Å². The molecular formula is C16H19NO4. The summed E-state index contributed by atoms with van der Waals surface area (Å²) >= 11 is 0. The second-order valence-electron chi connectivity index (χ2n) is 4.48. The Bertz CT molecular complexity index is 640. The number of aliphatic hydroxyl groups is 1. The average Bonchev–Trinajstić information content (AvgIpc) is 2.52. The minimum Gasteiger partial charge on any atom is -0.493 e. The third-order valence-electron chi connectivity index (χ3n) is 3.35. The van der Waals surface area contributed by atoms with Crippen molar-refractivity contribution in [2.24, 2.45) is 0 Å². The monoisotopic (exact) mass is 289 g/mol. The van der Waals surface area contributed by atoms with Crippen molar-refractivity contribution in [2.75, 3.05) is 21.3 Å². The molecule has 0 bridgehead atoms. The highest BCUT2D eigenvalue weighted by molar-refractivity contribution is 5.74. The summed E-state index contributed by atoms with van der Waals surface area (Å²) in [6, 6.07) is 7.39. The van der Waals surface area contributed by atoms with Gasteiger partial charge in [-0.1, -0.05) is 6.07 Å². The predicted octanol–water partition coefficient (Wildman–Crippen LogP) is 2.58. The fraction of sp³-hybridized carbons (Fsp3) is 0.312. The molecule has 1 aromatic heterocycles. The van der Waals surface area contributed by atoms with E-state index in [0.717, 1.165) is 22.5 Å². The molecule has 2 aromatic rings. The van der Waals surface area contributed by atoms with E-state index in [4.69, 9.17) is 14.2 Å². The van der Waals surface area contributed by atoms with Crippen LogP contribution in [0, 0.1) is 6.92 Å². The molecule has 0 atom stereocenters. The summed E-state index contributed by atoms with van der Waals surface area (Å²) in [5, 5.41) is 9.23. The van der Waals surface area contributed by atoms with Crippen molar-refractivity contribution in [1.82, 2.24) is 4.98 Å². The van der Waals surface area contributed by atoms with Crippen LogP contribution in [0.15, 0.2) is 24.3 Å². The zero-order chi connectivity index (χ0) is 15.4. The Kier molecular flexibility index (Phi) is 4.65. The van der Waals surface area contributed by atoms with Gasteiger partial charge in [-0.25, -0.2) is 0 Å². The molecule has 0 saturated heterocycles. The molecule has 5 heteroatoms. The first kappa shape index (κ1) is 15.1. The van der Waals surface area contributed by atoms with Gasteiger partial charge >= 0.3 is 0 Å². The first-order valence-electron chi connectivity index (χ1n) is 6.53. The molecule has 0 aliphatic carbocycles. The molecule has 1 heterocycles. The normalized spacial score (nSPS) is 10.3. The summed E-state index contributed by atoms with van der Waals surface area (Å²) in [5.41, 5.74) is 3.15. The lowest BCUT2D eigenvalue weighted by molar-refractivity contribution is 0.280. The fourth-order valence-electron chi connectivity index (χ4n) is 2.21. The van der Waals surface area contributed by atoms with Crippen LogP contribution in [0.4, 0.5) is 0 Å². The molecule has 0 saturated carbocycles. The number of aryl methyl sites for hydroxylation is 1. The zero-order valence-electron chi connectivity index (χ0n) is 12.6. The van der Waals surface area contributed by atoms with Crippen LogP contribution in [-0.4, -0.2) is 31.4 Å². The molecule has 0 spiro atoms. The van der Waals surface area contributed by atoms with Crippen LogP contribution in [-0.2, 0) is 6.61 Å². The second kappa shape index (κ2) is 6.45. The molecule has 0 fully saturated rings. The molecule has 112 valence electrons. The Morgan fingerprint density at radius 3 is 2.19 bits per heavy atom. The minimum atomic E-state index is -0.0256. The van der Waals surface area contributed by atoms with Crippen LogP contribution in [0.1, 0.15) is 11.3 Å². The summed E-state index contributed by atoms with van der Waals surface area (Å²) < 4.78 is 16.1. The van der Waals surface area contributed by atoms with Crippen molar-refractivity contribution < 1.29 is 19.3 Å². The van der Waals surface area contributed by atoms with Crippen LogP contribution in [0.5, 0.6) is 17.2 Å². The lowest BCUT2D eigenvalue weighted by Gasteiger charge is -2.16. The Morgan fingerprint density at radius 2 is 1.67 bits per heavy atom. The second-order valence-corrected chi connectivity index (χ2v) is 4.48. The molecule has 1 aromatic carbocycles. The van der Waals surface area contributed by atoms with Crippen molar-refractivity contribution in [2.45, 2.75) is 13.5 Å². The number of nitrogens with zero attached hydrogens (tertiary/aromatic N) is 1. The standard InChI is InChI=1S/C16H19NO4/c1-10-11(9-18)5-7-13(17-10)12-6-8-14(19-2)16(21-4)15(12)20-3/h5-8,18H,9H2,1-4H3. The lowest BCUT2D eigenvalue weighted by atomic mass is 10.1. The van der Waals surface area contributed by atoms with E-state index in [1.165, 1.54) is 0 Å². The van der Waals surface area contributed by atoms with Crippen molar-refractivity contribution in [1.29, 1.82) is 0 Å². The summed E-state index contributed by atoms with van der Waals surface area (Å²) in [7, 11) is 4.73. The molecule has 1 N–H and O–H groups in total. The third-order valence-corrected chi connectivity index (χ3v) is 3.35. The molecule has 5 nitrogen and oxygen atoms in total. The van der Waals surface area contributed by atoms with Crippen molar-refractivity contribution >= 4 is 0 Å². The number of rotatable bonds is 5. The number of benzene rings is 1. The summed E-state index contributed by atoms with van der Waals surface area (Å²) in [4.78, 5) is 4.52. The topological polar surface area (TPSA) is 60.8 Å². The lowest BCUT2D eigenvalue weighted by Crippen LogP contribution is -1.99. The van der Waals surface area contributed by atoms with Gasteiger partial charge in [-0.15, -0.1) is 0 Å². The number of aliphatic hydroxyl groups excluding tert-OH is 1. The number of pyridine rings is 1. The smallest absolute Gasteiger partial charge is 0.203 e. The molecule has 0 amide bonds. The van der Waals surface area contributed by atoms with Crippen LogP contribution in [0.25, 0.3) is 11.3 Å². The van der Waals surface area contributed by atoms with E-state index in [1.54, 1.807) is 21.3 Å². The van der Waals surface area contributed by atoms with Gasteiger partial charge in [0, 0.05) is 11.3 Å². The Balaban J connectivity index is 2.61. The molecule has 0 aliphatic heterocycles. The van der Waals surface area contributed by atoms with Crippen molar-refractivity contribution in [3.63, 3.8) is 0 Å². The summed E-state index contributed by atoms with van der Waals surface area (Å²) in [6.07, 6.45) is 0. The molecule has 0 aliphatic rings. The van der Waals surface area contributed by atoms with Gasteiger partial charge < -0.3 is 19.3 Å². The van der Waals surface area contributed by atoms with E-state index in [1.807, 2.05) is 31.2 Å². The summed E-state index contributed by atoms with van der Waals surface area (Å²) in [6.45, 7) is 1.84. The molecule has 2 rings (SSSR count). The van der Waals surface area contributed by atoms with Crippen molar-refractivity contribution in [3.8, 4) is 28.5 Å². The number of ether oxygens (including phenoxy) is 3. The summed E-state index contributed by atoms with van der Waals surface area (Å²) in [5.74, 6) is 1.70. The predicted molar refractivity (Wildman–Crippen MR) is 80.0 cm³/mol. The van der Waals surface area contributed by atoms with Crippen molar-refractivity contribution in [3.05, 3.63) is 35.5 Å². The fourth-order valence-corrected chi connectivity index (χ4v) is 2.21. The quantitative estimate of drug-likeness (QED) is 0.916. The molecule has 21 heavy (non-hydrogen) atoms. The Labute approximate surface area is 124 Å². The third kappa shape index (κ3) is 2.78. The van der Waals surface area contributed by atoms with E-state index in [2.05, 4.69) is 4.98 Å². The van der Waals surface area contributed by atoms with E-state index in [9.17, 15) is 5.11 Å². The van der Waals surface area contributed by atoms with Crippen LogP contribution in [0.3, 0.4) is 0 Å². The average molecular weight is 289 g/mol. The van der Waals surface area contributed by atoms with Gasteiger partial charge in [0.1, 0.15) is 0 Å². The van der Waals surface area contributed by atoms with E-state index in [-0.39, 0.29) is 6.61 Å². The highest BCUT2D eigenvalue weighted by Crippen LogP contribution is 2.43. The maximum atomic E-state index is 9.23. The molecular weight excluding hydrogens is 270 g/mol. The first-order valence-corrected chi connectivity index (χ1v) is 6.53. The van der Waals surface area contributed by atoms with Gasteiger partial charge in [0.25, 0.3) is 0 Å². The van der Waals surface area contributed by atoms with E-state index >= 15 is 0 Å². The maximum absolute atomic E-state index is 9.23. The Morgan fingerprint density at radius 1 is 0.952 bits per heavy atom. The van der Waals surface area contributed by atoms with Gasteiger partial charge in [0.2, 0.25) is 5.75 Å². The Hall–Kier alpha value is -2.27. The number of hydrogen-bond acceptors (Lipinski definition) is 5. The first-order chi connectivity index (χ1) is 10.2. The van der Waals surface area contributed by atoms with Gasteiger partial charge in [-0.2, -0.15) is 0 Å². The van der Waals surface area contributed by atoms with Gasteiger partial charge in [0.15, 0.2) is 11.5 Å². The number of methoxy groups -OCH3 is 3. The number of hydrogen-bond donors (Lipinski definition) is 1. The van der Waals surface area contributed by atoms with Crippen LogP contribution < -0.4 is 14.2 Å². The molecule has 0 unspecified atom stereocenters. The highest BCUT2D eigenvalue weighted by Gasteiger charge is 2.18. The van der Waals surface area contributed by atoms with E-state index in [0.29, 0.717) is 17.2 Å². The SMILES string of the molecule is COc1ccc(-c2ccc(CO)c(C)n2)c(OC)c1OC. The zero-order valence-corrected chi connectivity index (χ0v) is 12.6. The highest BCUT2D eigenvalue weighted by atomic mass is 16.5. The van der Waals surface area contributed by atoms with Gasteiger partial charge in [-0.3, -0.25) is 4.98 Å². The molecule has 0 radical (unpaired) electrons. The van der Waals surface area contributed by atoms with E-state index < -0.39 is 0 Å². The minimum absolute atomic E-state index is 0.0256. The van der Waals surface area contributed by atoms with Crippen LogP contribution >= 0.6 is 0 Å². The maximum Gasteiger partial charge on any atom is 0.203 e. The van der Waals surface area contributed by atoms with Gasteiger partial charge in [0.05, 0.1) is 33.6 Å². The number of aromatic nitrogens is 1. The van der Waals surface area contributed by atoms with Gasteiger partial charge in [-0.05, 0) is 30.7 Å².